The Balaban J connectivity index is 2.05. The number of carbonyl (C=O) groups is 1. The van der Waals surface area contributed by atoms with Gasteiger partial charge in [-0.05, 0) is 36.4 Å². The van der Waals surface area contributed by atoms with Gasteiger partial charge in [0.15, 0.2) is 5.78 Å². The lowest BCUT2D eigenvalue weighted by Crippen LogP contribution is -2.23. The quantitative estimate of drug-likeness (QED) is 0.691. The van der Waals surface area contributed by atoms with Crippen LogP contribution in [-0.2, 0) is 4.79 Å². The summed E-state index contributed by atoms with van der Waals surface area (Å²) in [6, 6.07) is 14.5. The van der Waals surface area contributed by atoms with E-state index in [-0.39, 0.29) is 30.1 Å². The van der Waals surface area contributed by atoms with Crippen molar-refractivity contribution in [2.75, 3.05) is 0 Å². The molecule has 0 aliphatic rings. The second-order valence-electron chi connectivity index (χ2n) is 5.09. The normalized spacial score (nSPS) is 11.5. The Morgan fingerprint density at radius 2 is 1.68 bits per heavy atom. The monoisotopic (exact) mass is 336 g/mol. The fourth-order valence-corrected chi connectivity index (χ4v) is 1.98. The fourth-order valence-electron chi connectivity index (χ4n) is 1.98. The molecule has 0 unspecified atom stereocenters. The summed E-state index contributed by atoms with van der Waals surface area (Å²) >= 11 is 0. The molecule has 0 atom stereocenters. The van der Waals surface area contributed by atoms with E-state index < -0.39 is 5.78 Å². The van der Waals surface area contributed by atoms with Crippen LogP contribution in [0.2, 0.25) is 0 Å². The molecule has 25 heavy (non-hydrogen) atoms. The van der Waals surface area contributed by atoms with Crippen molar-refractivity contribution in [2.24, 2.45) is 9.98 Å². The van der Waals surface area contributed by atoms with Gasteiger partial charge in [-0.3, -0.25) is 20.2 Å². The maximum Gasteiger partial charge on any atom is 0.187 e. The molecule has 0 saturated heterocycles. The minimum absolute atomic E-state index is 0.0674. The summed E-state index contributed by atoms with van der Waals surface area (Å²) in [6.45, 7) is 0. The number of aliphatic imine (C=N–C) groups is 2. The molecule has 0 bridgehead atoms. The third-order valence-corrected chi connectivity index (χ3v) is 3.23. The summed E-state index contributed by atoms with van der Waals surface area (Å²) in [4.78, 5) is 20.5. The second-order valence-corrected chi connectivity index (χ2v) is 5.09. The lowest BCUT2D eigenvalue weighted by molar-refractivity contribution is -0.111. The molecule has 2 aromatic carbocycles. The number of halogens is 1. The van der Waals surface area contributed by atoms with Gasteiger partial charge in [0.05, 0.1) is 17.1 Å². The maximum absolute atomic E-state index is 12.8. The van der Waals surface area contributed by atoms with Crippen LogP contribution in [0.5, 0.6) is 0 Å². The lowest BCUT2D eigenvalue weighted by Gasteiger charge is -2.04. The third-order valence-electron chi connectivity index (χ3n) is 3.23. The lowest BCUT2D eigenvalue weighted by atomic mass is 10.1. The first kappa shape index (κ1) is 18.1. The molecule has 6 heteroatoms. The first-order valence-electron chi connectivity index (χ1n) is 7.62. The van der Waals surface area contributed by atoms with Gasteiger partial charge in [-0.2, -0.15) is 0 Å². The fraction of sp³-hybridized carbons (Fsp3) is 0.105. The largest absolute Gasteiger partial charge is 0.313 e. The Bertz CT molecular complexity index is 811. The number of rotatable bonds is 8. The zero-order chi connectivity index (χ0) is 18.1. The molecule has 126 valence electrons. The van der Waals surface area contributed by atoms with E-state index in [9.17, 15) is 9.18 Å². The van der Waals surface area contributed by atoms with Crippen molar-refractivity contribution in [3.8, 4) is 0 Å². The summed E-state index contributed by atoms with van der Waals surface area (Å²) in [5.74, 6) is -0.799. The van der Waals surface area contributed by atoms with E-state index in [0.29, 0.717) is 11.4 Å². The molecular weight excluding hydrogens is 319 g/mol. The summed E-state index contributed by atoms with van der Waals surface area (Å²) in [5.41, 5.74) is 1.15. The van der Waals surface area contributed by atoms with Crippen molar-refractivity contribution in [1.82, 2.24) is 0 Å². The molecule has 0 spiro atoms. The zero-order valence-corrected chi connectivity index (χ0v) is 13.4. The van der Waals surface area contributed by atoms with Crippen molar-refractivity contribution < 1.29 is 9.18 Å². The van der Waals surface area contributed by atoms with Crippen molar-refractivity contribution in [2.45, 2.75) is 12.8 Å². The summed E-state index contributed by atoms with van der Waals surface area (Å²) in [6.07, 6.45) is 2.53. The highest BCUT2D eigenvalue weighted by Crippen LogP contribution is 2.13. The topological polar surface area (TPSA) is 89.5 Å². The summed E-state index contributed by atoms with van der Waals surface area (Å²) in [5, 5.41) is 15.3. The van der Waals surface area contributed by atoms with Gasteiger partial charge in [0.2, 0.25) is 0 Å². The Morgan fingerprint density at radius 1 is 1.00 bits per heavy atom. The summed E-state index contributed by atoms with van der Waals surface area (Å²) in [7, 11) is 0. The number of benzene rings is 2. The van der Waals surface area contributed by atoms with E-state index in [1.165, 1.54) is 30.5 Å². The average Bonchev–Trinajstić information content (AvgIpc) is 2.63. The number of para-hydroxylation sites is 1. The van der Waals surface area contributed by atoms with Gasteiger partial charge in [0.25, 0.3) is 0 Å². The molecule has 2 rings (SSSR count). The highest BCUT2D eigenvalue weighted by Gasteiger charge is 2.14. The van der Waals surface area contributed by atoms with E-state index in [2.05, 4.69) is 9.98 Å². The first-order valence-corrected chi connectivity index (χ1v) is 7.62. The van der Waals surface area contributed by atoms with Crippen LogP contribution < -0.4 is 0 Å². The van der Waals surface area contributed by atoms with Crippen LogP contribution in [0.15, 0.2) is 64.6 Å². The molecule has 5 nitrogen and oxygen atoms in total. The molecule has 0 heterocycles. The predicted molar refractivity (Wildman–Crippen MR) is 98.8 cm³/mol. The molecule has 0 aliphatic heterocycles. The van der Waals surface area contributed by atoms with E-state index in [0.717, 1.165) is 6.21 Å². The molecule has 0 aliphatic carbocycles. The van der Waals surface area contributed by atoms with E-state index >= 15 is 0 Å². The molecule has 0 saturated carbocycles. The van der Waals surface area contributed by atoms with Crippen LogP contribution in [0.4, 0.5) is 15.8 Å². The molecule has 2 aromatic rings. The second kappa shape index (κ2) is 9.12. The number of nitrogens with one attached hydrogen (secondary N) is 2. The van der Waals surface area contributed by atoms with E-state index in [1.54, 1.807) is 12.1 Å². The number of carbonyl (C=O) groups excluding carboxylic acids is 1. The zero-order valence-electron chi connectivity index (χ0n) is 13.4. The number of Topliss-reactive ketones (excluding diaryl/α,β-unsaturated/α-hetero) is 1. The maximum atomic E-state index is 12.8. The number of ketones is 1. The third kappa shape index (κ3) is 5.69. The minimum atomic E-state index is -0.442. The standard InChI is InChI=1S/C19H17FN4O/c20-14-6-8-15(9-7-14)23-13-11-18(25)19(22)17(10-12-21)24-16-4-2-1-3-5-16/h1-9,12-13,21-22H,10-11H2. The Morgan fingerprint density at radius 3 is 2.32 bits per heavy atom. The van der Waals surface area contributed by atoms with Crippen LogP contribution in [0.3, 0.4) is 0 Å². The smallest absolute Gasteiger partial charge is 0.187 e. The van der Waals surface area contributed by atoms with Crippen molar-refractivity contribution in [3.63, 3.8) is 0 Å². The molecular formula is C19H17FN4O. The van der Waals surface area contributed by atoms with Crippen LogP contribution in [0, 0.1) is 16.6 Å². The molecule has 0 aromatic heterocycles. The average molecular weight is 336 g/mol. The van der Waals surface area contributed by atoms with E-state index in [4.69, 9.17) is 10.8 Å². The summed E-state index contributed by atoms with van der Waals surface area (Å²) < 4.78 is 12.8. The highest BCUT2D eigenvalue weighted by molar-refractivity contribution is 6.68. The minimum Gasteiger partial charge on any atom is -0.313 e. The van der Waals surface area contributed by atoms with Gasteiger partial charge in [-0.1, -0.05) is 18.2 Å². The molecule has 0 fully saturated rings. The number of hydrogen-bond acceptors (Lipinski definition) is 5. The van der Waals surface area contributed by atoms with Gasteiger partial charge in [-0.25, -0.2) is 4.39 Å². The van der Waals surface area contributed by atoms with Crippen LogP contribution in [0.1, 0.15) is 12.8 Å². The Hall–Kier alpha value is -3.28. The van der Waals surface area contributed by atoms with Crippen LogP contribution >= 0.6 is 0 Å². The van der Waals surface area contributed by atoms with Crippen molar-refractivity contribution >= 4 is 41.0 Å². The number of hydrogen-bond donors (Lipinski definition) is 2. The van der Waals surface area contributed by atoms with Gasteiger partial charge in [0, 0.05) is 25.3 Å². The SMILES string of the molecule is N=CCC(=Nc1ccccc1)C(=N)C(=O)CC=Nc1ccc(F)cc1. The molecule has 0 radical (unpaired) electrons. The van der Waals surface area contributed by atoms with Crippen molar-refractivity contribution in [1.29, 1.82) is 10.8 Å². The highest BCUT2D eigenvalue weighted by atomic mass is 19.1. The van der Waals surface area contributed by atoms with E-state index in [1.807, 2.05) is 18.2 Å². The Labute approximate surface area is 145 Å². The Kier molecular flexibility index (Phi) is 6.59. The van der Waals surface area contributed by atoms with Gasteiger partial charge in [0.1, 0.15) is 11.5 Å². The number of nitrogens with zero attached hydrogens (tertiary/aromatic N) is 2. The molecule has 2 N–H and O–H groups in total. The van der Waals surface area contributed by atoms with Crippen molar-refractivity contribution in [3.05, 3.63) is 60.4 Å². The van der Waals surface area contributed by atoms with Crippen LogP contribution in [0.25, 0.3) is 0 Å². The predicted octanol–water partition coefficient (Wildman–Crippen LogP) is 4.32. The van der Waals surface area contributed by atoms with Crippen LogP contribution in [-0.4, -0.2) is 29.6 Å². The van der Waals surface area contributed by atoms with Gasteiger partial charge in [-0.15, -0.1) is 0 Å². The molecule has 0 amide bonds. The van der Waals surface area contributed by atoms with Gasteiger partial charge >= 0.3 is 0 Å². The first-order chi connectivity index (χ1) is 12.1. The van der Waals surface area contributed by atoms with Gasteiger partial charge < -0.3 is 5.41 Å².